The van der Waals surface area contributed by atoms with Gasteiger partial charge in [0, 0.05) is 0 Å². The highest BCUT2D eigenvalue weighted by molar-refractivity contribution is 8.01. The molecule has 0 spiro atoms. The zero-order chi connectivity index (χ0) is 12.9. The smallest absolute Gasteiger partial charge is 0.319 e. The second kappa shape index (κ2) is 4.43. The van der Waals surface area contributed by atoms with Crippen LogP contribution in [0.3, 0.4) is 0 Å². The Bertz CT molecular complexity index is 326. The molecule has 0 aliphatic heterocycles. The topological polar surface area (TPSA) is 37.3 Å². The molecule has 4 bridgehead atoms. The maximum atomic E-state index is 11.8. The van der Waals surface area contributed by atoms with Crippen LogP contribution in [0.25, 0.3) is 0 Å². The van der Waals surface area contributed by atoms with Crippen LogP contribution in [0.4, 0.5) is 0 Å². The van der Waals surface area contributed by atoms with Crippen molar-refractivity contribution in [2.75, 3.05) is 5.75 Å². The summed E-state index contributed by atoms with van der Waals surface area (Å²) in [5, 5.41) is 9.73. The van der Waals surface area contributed by atoms with Gasteiger partial charge >= 0.3 is 5.97 Å². The van der Waals surface area contributed by atoms with Crippen LogP contribution in [0.2, 0.25) is 0 Å². The van der Waals surface area contributed by atoms with Gasteiger partial charge in [-0.15, -0.1) is 11.8 Å². The Hall–Kier alpha value is -0.180. The van der Waals surface area contributed by atoms with E-state index in [4.69, 9.17) is 0 Å². The summed E-state index contributed by atoms with van der Waals surface area (Å²) in [6.45, 7) is 4.08. The van der Waals surface area contributed by atoms with E-state index in [1.165, 1.54) is 32.1 Å². The fourth-order valence-electron chi connectivity index (χ4n) is 5.43. The van der Waals surface area contributed by atoms with Gasteiger partial charge in [-0.05, 0) is 74.4 Å². The monoisotopic (exact) mass is 268 g/mol. The summed E-state index contributed by atoms with van der Waals surface area (Å²) in [7, 11) is 0. The Labute approximate surface area is 114 Å². The summed E-state index contributed by atoms with van der Waals surface area (Å²) in [5.41, 5.74) is 0. The number of carbonyl (C=O) groups is 1. The molecule has 0 saturated heterocycles. The van der Waals surface area contributed by atoms with Crippen molar-refractivity contribution < 1.29 is 9.90 Å². The van der Waals surface area contributed by atoms with Gasteiger partial charge in [-0.1, -0.05) is 6.92 Å². The summed E-state index contributed by atoms with van der Waals surface area (Å²) in [4.78, 5) is 11.8. The highest BCUT2D eigenvalue weighted by atomic mass is 32.2. The molecule has 0 radical (unpaired) electrons. The van der Waals surface area contributed by atoms with Crippen molar-refractivity contribution in [1.29, 1.82) is 0 Å². The third kappa shape index (κ3) is 1.81. The summed E-state index contributed by atoms with van der Waals surface area (Å²) in [6.07, 6.45) is 6.68. The molecule has 1 atom stereocenters. The number of hydrogen-bond donors (Lipinski definition) is 1. The minimum atomic E-state index is -0.577. The molecular formula is C15H24O2S. The number of aliphatic carboxylic acids is 1. The quantitative estimate of drug-likeness (QED) is 0.845. The normalized spacial score (nSPS) is 44.9. The van der Waals surface area contributed by atoms with Crippen molar-refractivity contribution >= 4 is 17.7 Å². The molecule has 4 fully saturated rings. The molecule has 3 heteroatoms. The van der Waals surface area contributed by atoms with Crippen molar-refractivity contribution in [3.8, 4) is 0 Å². The van der Waals surface area contributed by atoms with E-state index in [0.717, 1.165) is 17.6 Å². The molecule has 102 valence electrons. The lowest BCUT2D eigenvalue weighted by Gasteiger charge is -2.58. The lowest BCUT2D eigenvalue weighted by Crippen LogP contribution is -2.55. The van der Waals surface area contributed by atoms with Gasteiger partial charge in [-0.2, -0.15) is 0 Å². The molecule has 1 unspecified atom stereocenters. The van der Waals surface area contributed by atoms with E-state index < -0.39 is 10.7 Å². The first-order chi connectivity index (χ1) is 8.54. The SMILES string of the molecule is CCSC(C)(C(=O)O)C1C2CC3CC(C2)CC1C3. The second-order valence-corrected chi connectivity index (χ2v) is 8.52. The van der Waals surface area contributed by atoms with Gasteiger partial charge in [0.2, 0.25) is 0 Å². The van der Waals surface area contributed by atoms with Gasteiger partial charge in [-0.25, -0.2) is 0 Å². The minimum Gasteiger partial charge on any atom is -0.480 e. The number of hydrogen-bond acceptors (Lipinski definition) is 2. The van der Waals surface area contributed by atoms with Gasteiger partial charge < -0.3 is 5.11 Å². The molecule has 4 aliphatic carbocycles. The van der Waals surface area contributed by atoms with E-state index in [1.54, 1.807) is 11.8 Å². The molecule has 1 N–H and O–H groups in total. The average Bonchev–Trinajstić information content (AvgIpc) is 2.27. The predicted molar refractivity (Wildman–Crippen MR) is 74.7 cm³/mol. The third-order valence-electron chi connectivity index (χ3n) is 5.73. The zero-order valence-corrected chi connectivity index (χ0v) is 12.2. The van der Waals surface area contributed by atoms with Crippen LogP contribution in [0.15, 0.2) is 0 Å². The molecule has 4 saturated carbocycles. The standard InChI is InChI=1S/C15H24O2S/c1-3-18-15(2,14(16)17)13-11-5-9-4-10(7-11)8-12(13)6-9/h9-13H,3-8H2,1-2H3,(H,16,17). The van der Waals surface area contributed by atoms with E-state index in [9.17, 15) is 9.90 Å². The van der Waals surface area contributed by atoms with Crippen molar-refractivity contribution in [3.63, 3.8) is 0 Å². The third-order valence-corrected chi connectivity index (χ3v) is 7.07. The molecule has 0 aromatic heterocycles. The fraction of sp³-hybridized carbons (Fsp3) is 0.933. The van der Waals surface area contributed by atoms with Crippen LogP contribution in [-0.4, -0.2) is 21.6 Å². The first-order valence-electron chi connectivity index (χ1n) is 7.42. The lowest BCUT2D eigenvalue weighted by molar-refractivity contribution is -0.146. The minimum absolute atomic E-state index is 0.424. The van der Waals surface area contributed by atoms with Crippen LogP contribution >= 0.6 is 11.8 Å². The number of rotatable bonds is 4. The van der Waals surface area contributed by atoms with Gasteiger partial charge in [0.05, 0.1) is 0 Å². The second-order valence-electron chi connectivity index (χ2n) is 6.80. The average molecular weight is 268 g/mol. The summed E-state index contributed by atoms with van der Waals surface area (Å²) in [6, 6.07) is 0. The number of thioether (sulfide) groups is 1. The summed E-state index contributed by atoms with van der Waals surface area (Å²) >= 11 is 1.67. The molecule has 2 nitrogen and oxygen atoms in total. The van der Waals surface area contributed by atoms with Gasteiger partial charge in [-0.3, -0.25) is 4.79 Å². The Balaban J connectivity index is 1.88. The maximum absolute atomic E-state index is 11.8. The first kappa shape index (κ1) is 12.8. The molecule has 0 amide bonds. The van der Waals surface area contributed by atoms with Gasteiger partial charge in [0.15, 0.2) is 0 Å². The maximum Gasteiger partial charge on any atom is 0.319 e. The largest absolute Gasteiger partial charge is 0.480 e. The van der Waals surface area contributed by atoms with Crippen LogP contribution in [0.1, 0.15) is 46.0 Å². The van der Waals surface area contributed by atoms with E-state index in [0.29, 0.717) is 17.8 Å². The van der Waals surface area contributed by atoms with E-state index in [2.05, 4.69) is 6.92 Å². The highest BCUT2D eigenvalue weighted by Crippen LogP contribution is 2.61. The Morgan fingerprint density at radius 3 is 2.06 bits per heavy atom. The molecule has 4 aliphatic rings. The predicted octanol–water partition coefficient (Wildman–Crippen LogP) is 3.66. The van der Waals surface area contributed by atoms with Crippen molar-refractivity contribution in [2.45, 2.75) is 50.7 Å². The van der Waals surface area contributed by atoms with Crippen molar-refractivity contribution in [3.05, 3.63) is 0 Å². The van der Waals surface area contributed by atoms with Crippen LogP contribution in [0.5, 0.6) is 0 Å². The summed E-state index contributed by atoms with van der Waals surface area (Å²) < 4.78 is -0.544. The Morgan fingerprint density at radius 1 is 1.17 bits per heavy atom. The molecular weight excluding hydrogens is 244 g/mol. The van der Waals surface area contributed by atoms with Gasteiger partial charge in [0.25, 0.3) is 0 Å². The first-order valence-corrected chi connectivity index (χ1v) is 8.40. The molecule has 0 aromatic carbocycles. The number of carboxylic acid groups (broad SMARTS) is 1. The number of carboxylic acids is 1. The molecule has 0 heterocycles. The Kier molecular flexibility index (Phi) is 3.16. The Morgan fingerprint density at radius 2 is 1.67 bits per heavy atom. The van der Waals surface area contributed by atoms with Crippen LogP contribution in [-0.2, 0) is 4.79 Å². The molecule has 0 aromatic rings. The van der Waals surface area contributed by atoms with E-state index >= 15 is 0 Å². The van der Waals surface area contributed by atoms with E-state index in [-0.39, 0.29) is 0 Å². The fourth-order valence-corrected chi connectivity index (χ4v) is 6.73. The lowest BCUT2D eigenvalue weighted by atomic mass is 9.49. The molecule has 18 heavy (non-hydrogen) atoms. The highest BCUT2D eigenvalue weighted by Gasteiger charge is 2.56. The van der Waals surface area contributed by atoms with Crippen molar-refractivity contribution in [1.82, 2.24) is 0 Å². The van der Waals surface area contributed by atoms with Crippen LogP contribution < -0.4 is 0 Å². The summed E-state index contributed by atoms with van der Waals surface area (Å²) in [5.74, 6) is 4.00. The zero-order valence-electron chi connectivity index (χ0n) is 11.4. The van der Waals surface area contributed by atoms with E-state index in [1.807, 2.05) is 6.92 Å². The van der Waals surface area contributed by atoms with Gasteiger partial charge in [0.1, 0.15) is 4.75 Å². The van der Waals surface area contributed by atoms with Crippen molar-refractivity contribution in [2.24, 2.45) is 29.6 Å². The van der Waals surface area contributed by atoms with Crippen LogP contribution in [0, 0.1) is 29.6 Å². The molecule has 4 rings (SSSR count).